The number of amides is 2. The van der Waals surface area contributed by atoms with Gasteiger partial charge in [-0.2, -0.15) is 0 Å². The van der Waals surface area contributed by atoms with E-state index in [0.29, 0.717) is 22.7 Å². The Bertz CT molecular complexity index is 744. The van der Waals surface area contributed by atoms with Crippen LogP contribution in [-0.4, -0.2) is 31.5 Å². The van der Waals surface area contributed by atoms with Crippen molar-refractivity contribution in [2.24, 2.45) is 0 Å². The number of para-hydroxylation sites is 2. The van der Waals surface area contributed by atoms with Gasteiger partial charge < -0.3 is 20.7 Å². The topological polar surface area (TPSA) is 79.5 Å². The highest BCUT2D eigenvalue weighted by molar-refractivity contribution is 5.96. The lowest BCUT2D eigenvalue weighted by Crippen LogP contribution is -2.23. The Morgan fingerprint density at radius 3 is 2.56 bits per heavy atom. The van der Waals surface area contributed by atoms with Crippen LogP contribution in [0.4, 0.5) is 11.4 Å². The van der Waals surface area contributed by atoms with E-state index in [1.807, 2.05) is 32.0 Å². The first kappa shape index (κ1) is 18.3. The Kier molecular flexibility index (Phi) is 6.39. The van der Waals surface area contributed by atoms with Crippen molar-refractivity contribution in [1.82, 2.24) is 5.32 Å². The first-order valence-corrected chi connectivity index (χ1v) is 8.11. The quantitative estimate of drug-likeness (QED) is 0.723. The van der Waals surface area contributed by atoms with Crippen LogP contribution < -0.4 is 20.7 Å². The predicted molar refractivity (Wildman–Crippen MR) is 99.2 cm³/mol. The highest BCUT2D eigenvalue weighted by Gasteiger charge is 2.09. The zero-order chi connectivity index (χ0) is 18.2. The number of hydrogen-bond donors (Lipinski definition) is 3. The van der Waals surface area contributed by atoms with Crippen LogP contribution in [0.25, 0.3) is 0 Å². The van der Waals surface area contributed by atoms with Gasteiger partial charge in [-0.15, -0.1) is 0 Å². The highest BCUT2D eigenvalue weighted by atomic mass is 16.5. The van der Waals surface area contributed by atoms with E-state index in [1.54, 1.807) is 37.4 Å². The minimum atomic E-state index is -0.204. The SMILES string of the molecule is CNC(=O)c1cccc(NCC(=O)Nc2ccccc2OC(C)C)c1. The van der Waals surface area contributed by atoms with E-state index >= 15 is 0 Å². The van der Waals surface area contributed by atoms with Crippen LogP contribution >= 0.6 is 0 Å². The molecule has 0 atom stereocenters. The van der Waals surface area contributed by atoms with Crippen molar-refractivity contribution in [3.05, 3.63) is 54.1 Å². The van der Waals surface area contributed by atoms with Gasteiger partial charge in [0, 0.05) is 18.3 Å². The smallest absolute Gasteiger partial charge is 0.251 e. The second-order valence-corrected chi connectivity index (χ2v) is 5.72. The average Bonchev–Trinajstić information content (AvgIpc) is 2.61. The maximum absolute atomic E-state index is 12.2. The summed E-state index contributed by atoms with van der Waals surface area (Å²) in [5.41, 5.74) is 1.86. The summed E-state index contributed by atoms with van der Waals surface area (Å²) in [6.45, 7) is 3.94. The second-order valence-electron chi connectivity index (χ2n) is 5.72. The van der Waals surface area contributed by atoms with Crippen LogP contribution in [-0.2, 0) is 4.79 Å². The van der Waals surface area contributed by atoms with Crippen molar-refractivity contribution in [3.63, 3.8) is 0 Å². The number of ether oxygens (including phenoxy) is 1. The van der Waals surface area contributed by atoms with Crippen LogP contribution in [0, 0.1) is 0 Å². The van der Waals surface area contributed by atoms with Gasteiger partial charge in [0.25, 0.3) is 5.91 Å². The van der Waals surface area contributed by atoms with Gasteiger partial charge in [-0.3, -0.25) is 9.59 Å². The molecule has 2 rings (SSSR count). The molecule has 0 unspecified atom stereocenters. The molecule has 2 amide bonds. The van der Waals surface area contributed by atoms with E-state index in [9.17, 15) is 9.59 Å². The number of anilines is 2. The van der Waals surface area contributed by atoms with Gasteiger partial charge in [0.15, 0.2) is 0 Å². The minimum absolute atomic E-state index is 0.0172. The summed E-state index contributed by atoms with van der Waals surface area (Å²) in [5, 5.41) is 8.41. The Hall–Kier alpha value is -3.02. The average molecular weight is 341 g/mol. The molecule has 0 fully saturated rings. The predicted octanol–water partition coefficient (Wildman–Crippen LogP) is 2.88. The number of benzene rings is 2. The van der Waals surface area contributed by atoms with Gasteiger partial charge in [-0.25, -0.2) is 0 Å². The summed E-state index contributed by atoms with van der Waals surface area (Å²) in [4.78, 5) is 23.8. The lowest BCUT2D eigenvalue weighted by molar-refractivity contribution is -0.114. The van der Waals surface area contributed by atoms with E-state index in [2.05, 4.69) is 16.0 Å². The molecule has 0 saturated carbocycles. The lowest BCUT2D eigenvalue weighted by atomic mass is 10.2. The van der Waals surface area contributed by atoms with Crippen molar-refractivity contribution >= 4 is 23.2 Å². The normalized spacial score (nSPS) is 10.2. The zero-order valence-corrected chi connectivity index (χ0v) is 14.6. The van der Waals surface area contributed by atoms with Gasteiger partial charge >= 0.3 is 0 Å². The number of hydrogen-bond acceptors (Lipinski definition) is 4. The van der Waals surface area contributed by atoms with Gasteiger partial charge in [0.05, 0.1) is 18.3 Å². The molecule has 3 N–H and O–H groups in total. The third-order valence-corrected chi connectivity index (χ3v) is 3.33. The summed E-state index contributed by atoms with van der Waals surface area (Å²) in [5.74, 6) is 0.255. The Balaban J connectivity index is 1.97. The molecule has 0 heterocycles. The van der Waals surface area contributed by atoms with Crippen molar-refractivity contribution in [2.45, 2.75) is 20.0 Å². The largest absolute Gasteiger partial charge is 0.489 e. The summed E-state index contributed by atoms with van der Waals surface area (Å²) in [7, 11) is 1.58. The van der Waals surface area contributed by atoms with Gasteiger partial charge in [-0.05, 0) is 44.2 Å². The molecular formula is C19H23N3O3. The fourth-order valence-electron chi connectivity index (χ4n) is 2.22. The van der Waals surface area contributed by atoms with Crippen LogP contribution in [0.3, 0.4) is 0 Å². The fraction of sp³-hybridized carbons (Fsp3) is 0.263. The minimum Gasteiger partial charge on any atom is -0.489 e. The number of rotatable bonds is 7. The van der Waals surface area contributed by atoms with Crippen LogP contribution in [0.5, 0.6) is 5.75 Å². The first-order chi connectivity index (χ1) is 12.0. The van der Waals surface area contributed by atoms with E-state index in [0.717, 1.165) is 0 Å². The van der Waals surface area contributed by atoms with E-state index < -0.39 is 0 Å². The van der Waals surface area contributed by atoms with E-state index in [1.165, 1.54) is 0 Å². The Morgan fingerprint density at radius 2 is 1.84 bits per heavy atom. The molecule has 0 bridgehead atoms. The molecule has 0 aliphatic carbocycles. The monoisotopic (exact) mass is 341 g/mol. The summed E-state index contributed by atoms with van der Waals surface area (Å²) < 4.78 is 5.68. The molecule has 0 spiro atoms. The first-order valence-electron chi connectivity index (χ1n) is 8.11. The zero-order valence-electron chi connectivity index (χ0n) is 14.6. The maximum atomic E-state index is 12.2. The van der Waals surface area contributed by atoms with Crippen molar-refractivity contribution in [2.75, 3.05) is 24.2 Å². The van der Waals surface area contributed by atoms with Gasteiger partial charge in [0.1, 0.15) is 5.75 Å². The maximum Gasteiger partial charge on any atom is 0.251 e. The number of nitrogens with one attached hydrogen (secondary N) is 3. The number of carbonyl (C=O) groups is 2. The third kappa shape index (κ3) is 5.53. The van der Waals surface area contributed by atoms with E-state index in [4.69, 9.17) is 4.74 Å². The van der Waals surface area contributed by atoms with Crippen LogP contribution in [0.15, 0.2) is 48.5 Å². The Morgan fingerprint density at radius 1 is 1.08 bits per heavy atom. The van der Waals surface area contributed by atoms with Crippen molar-refractivity contribution in [1.29, 1.82) is 0 Å². The fourth-order valence-corrected chi connectivity index (χ4v) is 2.22. The molecule has 0 aliphatic rings. The standard InChI is InChI=1S/C19H23N3O3/c1-13(2)25-17-10-5-4-9-16(17)22-18(23)12-21-15-8-6-7-14(11-15)19(24)20-3/h4-11,13,21H,12H2,1-3H3,(H,20,24)(H,22,23). The molecule has 0 radical (unpaired) electrons. The lowest BCUT2D eigenvalue weighted by Gasteiger charge is -2.15. The summed E-state index contributed by atoms with van der Waals surface area (Å²) >= 11 is 0. The Labute approximate surface area is 147 Å². The van der Waals surface area contributed by atoms with Crippen LogP contribution in [0.2, 0.25) is 0 Å². The molecule has 132 valence electrons. The molecule has 2 aromatic rings. The molecule has 6 nitrogen and oxygen atoms in total. The van der Waals surface area contributed by atoms with Crippen molar-refractivity contribution in [3.8, 4) is 5.75 Å². The molecule has 2 aromatic carbocycles. The molecular weight excluding hydrogens is 318 g/mol. The molecule has 6 heteroatoms. The van der Waals surface area contributed by atoms with E-state index in [-0.39, 0.29) is 24.5 Å². The molecule has 0 aliphatic heterocycles. The third-order valence-electron chi connectivity index (χ3n) is 3.33. The van der Waals surface area contributed by atoms with Crippen molar-refractivity contribution < 1.29 is 14.3 Å². The second kappa shape index (κ2) is 8.73. The molecule has 0 aromatic heterocycles. The van der Waals surface area contributed by atoms with Gasteiger partial charge in [0.2, 0.25) is 5.91 Å². The number of carbonyl (C=O) groups excluding carboxylic acids is 2. The highest BCUT2D eigenvalue weighted by Crippen LogP contribution is 2.24. The van der Waals surface area contributed by atoms with Crippen LogP contribution in [0.1, 0.15) is 24.2 Å². The summed E-state index contributed by atoms with van der Waals surface area (Å²) in [6.07, 6.45) is 0.0172. The summed E-state index contributed by atoms with van der Waals surface area (Å²) in [6, 6.07) is 14.3. The van der Waals surface area contributed by atoms with Gasteiger partial charge in [-0.1, -0.05) is 18.2 Å². The molecule has 25 heavy (non-hydrogen) atoms. The molecule has 0 saturated heterocycles.